The maximum atomic E-state index is 12.9. The summed E-state index contributed by atoms with van der Waals surface area (Å²) in [4.78, 5) is 5.35. The minimum atomic E-state index is -3.71. The molecule has 3 aromatic rings. The van der Waals surface area contributed by atoms with Gasteiger partial charge in [-0.25, -0.2) is 8.42 Å². The molecule has 3 rings (SSSR count). The second-order valence-corrected chi connectivity index (χ2v) is 9.30. The second-order valence-electron chi connectivity index (χ2n) is 6.31. The summed E-state index contributed by atoms with van der Waals surface area (Å²) < 4.78 is 37.6. The molecule has 7 nitrogen and oxygen atoms in total. The summed E-state index contributed by atoms with van der Waals surface area (Å²) in [6, 6.07) is 8.65. The highest BCUT2D eigenvalue weighted by Crippen LogP contribution is 2.30. The van der Waals surface area contributed by atoms with Crippen LogP contribution in [-0.2, 0) is 16.6 Å². The molecule has 1 aromatic carbocycles. The smallest absolute Gasteiger partial charge is 0.243 e. The third-order valence-corrected chi connectivity index (χ3v) is 6.76. The molecular weight excluding hydrogens is 386 g/mol. The van der Waals surface area contributed by atoms with Gasteiger partial charge in [-0.1, -0.05) is 25.1 Å². The Kier molecular flexibility index (Phi) is 5.64. The van der Waals surface area contributed by atoms with E-state index in [-0.39, 0.29) is 23.2 Å². The number of thiophene rings is 1. The van der Waals surface area contributed by atoms with Crippen molar-refractivity contribution in [1.82, 2.24) is 14.4 Å². The molecule has 0 N–H and O–H groups in total. The first-order valence-electron chi connectivity index (χ1n) is 8.33. The van der Waals surface area contributed by atoms with Crippen LogP contribution in [0.4, 0.5) is 0 Å². The summed E-state index contributed by atoms with van der Waals surface area (Å²) in [5.74, 6) is 1.49. The van der Waals surface area contributed by atoms with Gasteiger partial charge in [0.25, 0.3) is 0 Å². The topological polar surface area (TPSA) is 85.5 Å². The highest BCUT2D eigenvalue weighted by atomic mass is 32.2. The molecule has 0 aliphatic heterocycles. The van der Waals surface area contributed by atoms with Crippen molar-refractivity contribution in [2.24, 2.45) is 0 Å². The molecule has 0 bridgehead atoms. The number of hydrogen-bond donors (Lipinski definition) is 0. The maximum Gasteiger partial charge on any atom is 0.243 e. The third-order valence-electron chi connectivity index (χ3n) is 4.10. The lowest BCUT2D eigenvalue weighted by molar-refractivity contribution is 0.336. The fourth-order valence-corrected chi connectivity index (χ4v) is 4.41. The summed E-state index contributed by atoms with van der Waals surface area (Å²) in [6.45, 7) is 3.97. The van der Waals surface area contributed by atoms with E-state index in [4.69, 9.17) is 9.26 Å². The van der Waals surface area contributed by atoms with Gasteiger partial charge in [-0.2, -0.15) is 9.29 Å². The van der Waals surface area contributed by atoms with Gasteiger partial charge >= 0.3 is 0 Å². The molecule has 0 amide bonds. The van der Waals surface area contributed by atoms with Crippen molar-refractivity contribution in [3.8, 4) is 16.5 Å². The number of methoxy groups -OCH3 is 1. The van der Waals surface area contributed by atoms with E-state index in [2.05, 4.69) is 10.1 Å². The standard InChI is InChI=1S/C18H21N3O4S2/c1-12(2)14-10-13(7-8-15(14)24-4)27(22,23)21(3)11-17-19-18(20-25-17)16-6-5-9-26-16/h5-10,12H,11H2,1-4H3. The molecule has 0 atom stereocenters. The van der Waals surface area contributed by atoms with Crippen LogP contribution in [0.5, 0.6) is 5.75 Å². The number of rotatable bonds is 7. The molecular formula is C18H21N3O4S2. The average Bonchev–Trinajstić information content (AvgIpc) is 3.32. The maximum absolute atomic E-state index is 12.9. The predicted octanol–water partition coefficient (Wildman–Crippen LogP) is 3.75. The average molecular weight is 408 g/mol. The van der Waals surface area contributed by atoms with E-state index in [1.54, 1.807) is 25.3 Å². The Labute approximate surface area is 162 Å². The molecule has 2 heterocycles. The lowest BCUT2D eigenvalue weighted by Gasteiger charge is -2.18. The lowest BCUT2D eigenvalue weighted by atomic mass is 10.0. The SMILES string of the molecule is COc1ccc(S(=O)(=O)N(C)Cc2nc(-c3cccs3)no2)cc1C(C)C. The van der Waals surface area contributed by atoms with Crippen LogP contribution in [0.15, 0.2) is 45.1 Å². The molecule has 0 aliphatic carbocycles. The zero-order valence-corrected chi connectivity index (χ0v) is 17.2. The van der Waals surface area contributed by atoms with Gasteiger partial charge in [-0.3, -0.25) is 0 Å². The van der Waals surface area contributed by atoms with Crippen molar-refractivity contribution in [2.75, 3.05) is 14.2 Å². The van der Waals surface area contributed by atoms with Gasteiger partial charge in [-0.15, -0.1) is 11.3 Å². The molecule has 0 saturated heterocycles. The van der Waals surface area contributed by atoms with Gasteiger partial charge < -0.3 is 9.26 Å². The molecule has 9 heteroatoms. The van der Waals surface area contributed by atoms with Gasteiger partial charge in [0.05, 0.1) is 23.4 Å². The molecule has 144 valence electrons. The Morgan fingerprint density at radius 1 is 1.30 bits per heavy atom. The summed E-state index contributed by atoms with van der Waals surface area (Å²) in [7, 11) is -0.649. The highest BCUT2D eigenvalue weighted by molar-refractivity contribution is 7.89. The molecule has 0 fully saturated rings. The Hall–Kier alpha value is -2.23. The third kappa shape index (κ3) is 4.05. The largest absolute Gasteiger partial charge is 0.496 e. The zero-order chi connectivity index (χ0) is 19.6. The summed E-state index contributed by atoms with van der Waals surface area (Å²) in [5, 5.41) is 5.83. The Morgan fingerprint density at radius 3 is 2.70 bits per heavy atom. The van der Waals surface area contributed by atoms with E-state index in [0.717, 1.165) is 10.4 Å². The van der Waals surface area contributed by atoms with Crippen molar-refractivity contribution in [1.29, 1.82) is 0 Å². The minimum Gasteiger partial charge on any atom is -0.496 e. The van der Waals surface area contributed by atoms with Gasteiger partial charge in [0.15, 0.2) is 0 Å². The van der Waals surface area contributed by atoms with E-state index in [1.807, 2.05) is 31.4 Å². The molecule has 2 aromatic heterocycles. The molecule has 0 radical (unpaired) electrons. The van der Waals surface area contributed by atoms with Gasteiger partial charge in [-0.05, 0) is 41.1 Å². The molecule has 27 heavy (non-hydrogen) atoms. The van der Waals surface area contributed by atoms with Crippen molar-refractivity contribution in [3.05, 3.63) is 47.2 Å². The first-order valence-corrected chi connectivity index (χ1v) is 10.7. The lowest BCUT2D eigenvalue weighted by Crippen LogP contribution is -2.26. The van der Waals surface area contributed by atoms with Crippen LogP contribution >= 0.6 is 11.3 Å². The molecule has 0 saturated carbocycles. The van der Waals surface area contributed by atoms with E-state index in [1.165, 1.54) is 22.7 Å². The number of aromatic nitrogens is 2. The minimum absolute atomic E-state index is 0.0102. The normalized spacial score (nSPS) is 12.1. The number of ether oxygens (including phenoxy) is 1. The molecule has 0 spiro atoms. The summed E-state index contributed by atoms with van der Waals surface area (Å²) >= 11 is 1.49. The second kappa shape index (κ2) is 7.79. The van der Waals surface area contributed by atoms with Gasteiger partial charge in [0.2, 0.25) is 21.7 Å². The fourth-order valence-electron chi connectivity index (χ4n) is 2.60. The van der Waals surface area contributed by atoms with Crippen LogP contribution in [0.1, 0.15) is 31.2 Å². The number of benzene rings is 1. The van der Waals surface area contributed by atoms with E-state index < -0.39 is 10.0 Å². The van der Waals surface area contributed by atoms with Crippen molar-refractivity contribution < 1.29 is 17.7 Å². The van der Waals surface area contributed by atoms with E-state index in [0.29, 0.717) is 11.6 Å². The van der Waals surface area contributed by atoms with Crippen LogP contribution in [0.25, 0.3) is 10.7 Å². The summed E-state index contributed by atoms with van der Waals surface area (Å²) in [5.41, 5.74) is 0.838. The molecule has 0 unspecified atom stereocenters. The monoisotopic (exact) mass is 407 g/mol. The number of nitrogens with zero attached hydrogens (tertiary/aromatic N) is 3. The molecule has 0 aliphatic rings. The first kappa shape index (κ1) is 19.5. The highest BCUT2D eigenvalue weighted by Gasteiger charge is 2.25. The fraction of sp³-hybridized carbons (Fsp3) is 0.333. The van der Waals surface area contributed by atoms with Crippen molar-refractivity contribution in [2.45, 2.75) is 31.2 Å². The Balaban J connectivity index is 1.83. The Morgan fingerprint density at radius 2 is 2.07 bits per heavy atom. The quantitative estimate of drug-likeness (QED) is 0.593. The predicted molar refractivity (Wildman–Crippen MR) is 103 cm³/mol. The summed E-state index contributed by atoms with van der Waals surface area (Å²) in [6.07, 6.45) is 0. The number of sulfonamides is 1. The van der Waals surface area contributed by atoms with Crippen molar-refractivity contribution in [3.63, 3.8) is 0 Å². The van der Waals surface area contributed by atoms with Crippen LogP contribution < -0.4 is 4.74 Å². The zero-order valence-electron chi connectivity index (χ0n) is 15.5. The van der Waals surface area contributed by atoms with E-state index >= 15 is 0 Å². The van der Waals surface area contributed by atoms with Crippen LogP contribution in [0, 0.1) is 0 Å². The van der Waals surface area contributed by atoms with E-state index in [9.17, 15) is 8.42 Å². The Bertz CT molecular complexity index is 1010. The van der Waals surface area contributed by atoms with Gasteiger partial charge in [0, 0.05) is 7.05 Å². The van der Waals surface area contributed by atoms with Gasteiger partial charge in [0.1, 0.15) is 5.75 Å². The van der Waals surface area contributed by atoms with Crippen molar-refractivity contribution >= 4 is 21.4 Å². The first-order chi connectivity index (χ1) is 12.8. The van der Waals surface area contributed by atoms with Crippen LogP contribution in [0.3, 0.4) is 0 Å². The van der Waals surface area contributed by atoms with Crippen LogP contribution in [0.2, 0.25) is 0 Å². The number of hydrogen-bond acceptors (Lipinski definition) is 7. The van der Waals surface area contributed by atoms with Crippen LogP contribution in [-0.4, -0.2) is 37.0 Å².